The van der Waals surface area contributed by atoms with E-state index in [0.717, 1.165) is 11.3 Å². The maximum Gasteiger partial charge on any atom is 0.263 e. The third kappa shape index (κ3) is 5.04. The van der Waals surface area contributed by atoms with Gasteiger partial charge >= 0.3 is 0 Å². The van der Waals surface area contributed by atoms with Crippen molar-refractivity contribution >= 4 is 5.91 Å². The summed E-state index contributed by atoms with van der Waals surface area (Å²) in [5.74, 6) is 2.53. The monoisotopic (exact) mass is 397 g/mol. The van der Waals surface area contributed by atoms with Gasteiger partial charge in [0, 0.05) is 18.7 Å². The highest BCUT2D eigenvalue weighted by molar-refractivity contribution is 5.80. The summed E-state index contributed by atoms with van der Waals surface area (Å²) in [6, 6.07) is 14.4. The lowest BCUT2D eigenvalue weighted by atomic mass is 10.2. The summed E-state index contributed by atoms with van der Waals surface area (Å²) in [7, 11) is 4.84. The zero-order chi connectivity index (χ0) is 20.8. The van der Waals surface area contributed by atoms with Crippen LogP contribution in [0.15, 0.2) is 53.1 Å². The van der Waals surface area contributed by atoms with Crippen molar-refractivity contribution < 1.29 is 23.5 Å². The van der Waals surface area contributed by atoms with Crippen molar-refractivity contribution in [2.24, 2.45) is 0 Å². The Balaban J connectivity index is 1.60. The van der Waals surface area contributed by atoms with Crippen LogP contribution in [0.4, 0.5) is 0 Å². The number of ether oxygens (including phenoxy) is 3. The Morgan fingerprint density at radius 2 is 1.76 bits per heavy atom. The molecule has 152 valence electrons. The van der Waals surface area contributed by atoms with Gasteiger partial charge in [0.05, 0.1) is 20.8 Å². The standard InChI is InChI=1S/C21H23N3O5/c1-14(28-18-7-5-6-17(12-18)27-4)21(25)24(2)13-19-22-20(23-29-19)15-8-10-16(26-3)11-9-15/h5-12,14H,13H2,1-4H3. The van der Waals surface area contributed by atoms with Gasteiger partial charge in [-0.25, -0.2) is 0 Å². The number of amides is 1. The van der Waals surface area contributed by atoms with E-state index >= 15 is 0 Å². The Bertz CT molecular complexity index is 955. The van der Waals surface area contributed by atoms with Gasteiger partial charge in [0.1, 0.15) is 17.2 Å². The highest BCUT2D eigenvalue weighted by Crippen LogP contribution is 2.21. The Morgan fingerprint density at radius 3 is 2.45 bits per heavy atom. The predicted octanol–water partition coefficient (Wildman–Crippen LogP) is 3.18. The fourth-order valence-corrected chi connectivity index (χ4v) is 2.70. The first kappa shape index (κ1) is 20.2. The van der Waals surface area contributed by atoms with Crippen LogP contribution in [0.3, 0.4) is 0 Å². The second-order valence-corrected chi connectivity index (χ2v) is 6.37. The number of benzene rings is 2. The summed E-state index contributed by atoms with van der Waals surface area (Å²) < 4.78 is 21.3. The van der Waals surface area contributed by atoms with Crippen molar-refractivity contribution in [1.29, 1.82) is 0 Å². The fourth-order valence-electron chi connectivity index (χ4n) is 2.70. The molecule has 1 atom stereocenters. The molecule has 0 saturated carbocycles. The number of likely N-dealkylation sites (N-methyl/N-ethyl adjacent to an activating group) is 1. The van der Waals surface area contributed by atoms with Crippen LogP contribution in [-0.4, -0.2) is 48.3 Å². The molecule has 0 aliphatic carbocycles. The first-order valence-electron chi connectivity index (χ1n) is 9.03. The quantitative estimate of drug-likeness (QED) is 0.577. The maximum atomic E-state index is 12.6. The van der Waals surface area contributed by atoms with E-state index in [-0.39, 0.29) is 12.5 Å². The number of hydrogen-bond donors (Lipinski definition) is 0. The SMILES string of the molecule is COc1ccc(-c2noc(CN(C)C(=O)C(C)Oc3cccc(OC)c3)n2)cc1. The Morgan fingerprint density at radius 1 is 1.07 bits per heavy atom. The van der Waals surface area contributed by atoms with Crippen molar-refractivity contribution in [2.75, 3.05) is 21.3 Å². The van der Waals surface area contributed by atoms with E-state index in [2.05, 4.69) is 10.1 Å². The molecule has 1 unspecified atom stereocenters. The molecule has 0 fully saturated rings. The summed E-state index contributed by atoms with van der Waals surface area (Å²) >= 11 is 0. The average Bonchev–Trinajstić information content (AvgIpc) is 3.21. The van der Waals surface area contributed by atoms with E-state index in [1.165, 1.54) is 4.90 Å². The summed E-state index contributed by atoms with van der Waals surface area (Å²) in [5, 5.41) is 3.98. The molecule has 3 aromatic rings. The number of carbonyl (C=O) groups is 1. The van der Waals surface area contributed by atoms with Gasteiger partial charge in [-0.3, -0.25) is 4.79 Å². The van der Waals surface area contributed by atoms with Gasteiger partial charge in [-0.1, -0.05) is 11.2 Å². The van der Waals surface area contributed by atoms with E-state index < -0.39 is 6.10 Å². The lowest BCUT2D eigenvalue weighted by Gasteiger charge is -2.20. The largest absolute Gasteiger partial charge is 0.497 e. The molecule has 8 heteroatoms. The molecule has 0 aliphatic heterocycles. The topological polar surface area (TPSA) is 86.9 Å². The van der Waals surface area contributed by atoms with E-state index in [9.17, 15) is 4.79 Å². The highest BCUT2D eigenvalue weighted by atomic mass is 16.5. The van der Waals surface area contributed by atoms with Crippen LogP contribution in [0, 0.1) is 0 Å². The van der Waals surface area contributed by atoms with Crippen LogP contribution in [0.25, 0.3) is 11.4 Å². The van der Waals surface area contributed by atoms with E-state index in [0.29, 0.717) is 23.2 Å². The minimum atomic E-state index is -0.684. The van der Waals surface area contributed by atoms with Crippen molar-refractivity contribution in [1.82, 2.24) is 15.0 Å². The van der Waals surface area contributed by atoms with Gasteiger partial charge < -0.3 is 23.6 Å². The third-order valence-electron chi connectivity index (χ3n) is 4.27. The van der Waals surface area contributed by atoms with E-state index in [1.54, 1.807) is 52.5 Å². The van der Waals surface area contributed by atoms with Crippen molar-refractivity contribution in [3.05, 3.63) is 54.4 Å². The van der Waals surface area contributed by atoms with Crippen LogP contribution in [0.1, 0.15) is 12.8 Å². The van der Waals surface area contributed by atoms with Gasteiger partial charge in [0.25, 0.3) is 5.91 Å². The summed E-state index contributed by atoms with van der Waals surface area (Å²) in [5.41, 5.74) is 0.796. The van der Waals surface area contributed by atoms with Gasteiger partial charge in [-0.05, 0) is 43.3 Å². The minimum Gasteiger partial charge on any atom is -0.497 e. The average molecular weight is 397 g/mol. The lowest BCUT2D eigenvalue weighted by Crippen LogP contribution is -2.37. The zero-order valence-corrected chi connectivity index (χ0v) is 16.8. The predicted molar refractivity (Wildman–Crippen MR) is 106 cm³/mol. The van der Waals surface area contributed by atoms with Crippen LogP contribution >= 0.6 is 0 Å². The molecule has 29 heavy (non-hydrogen) atoms. The number of methoxy groups -OCH3 is 2. The molecule has 0 saturated heterocycles. The molecule has 0 radical (unpaired) electrons. The molecule has 2 aromatic carbocycles. The van der Waals surface area contributed by atoms with Crippen LogP contribution in [-0.2, 0) is 11.3 Å². The van der Waals surface area contributed by atoms with Crippen molar-refractivity contribution in [3.63, 3.8) is 0 Å². The number of carbonyl (C=O) groups excluding carboxylic acids is 1. The number of aromatic nitrogens is 2. The molecular formula is C21H23N3O5. The first-order valence-corrected chi connectivity index (χ1v) is 9.03. The highest BCUT2D eigenvalue weighted by Gasteiger charge is 2.21. The summed E-state index contributed by atoms with van der Waals surface area (Å²) in [6.07, 6.45) is -0.684. The van der Waals surface area contributed by atoms with E-state index in [1.807, 2.05) is 24.3 Å². The molecule has 0 spiro atoms. The Kier molecular flexibility index (Phi) is 6.33. The Hall–Kier alpha value is -3.55. The molecule has 3 rings (SSSR count). The van der Waals surface area contributed by atoms with Crippen LogP contribution in [0.2, 0.25) is 0 Å². The Labute approximate surface area is 169 Å². The number of rotatable bonds is 8. The molecule has 8 nitrogen and oxygen atoms in total. The maximum absolute atomic E-state index is 12.6. The number of nitrogens with zero attached hydrogens (tertiary/aromatic N) is 3. The third-order valence-corrected chi connectivity index (χ3v) is 4.27. The molecule has 1 aromatic heterocycles. The minimum absolute atomic E-state index is 0.174. The summed E-state index contributed by atoms with van der Waals surface area (Å²) in [6.45, 7) is 1.86. The van der Waals surface area contributed by atoms with Gasteiger partial charge in [0.2, 0.25) is 11.7 Å². The zero-order valence-electron chi connectivity index (χ0n) is 16.8. The van der Waals surface area contributed by atoms with Gasteiger partial charge in [0.15, 0.2) is 6.10 Å². The van der Waals surface area contributed by atoms with Gasteiger partial charge in [-0.15, -0.1) is 0 Å². The molecule has 0 N–H and O–H groups in total. The van der Waals surface area contributed by atoms with Gasteiger partial charge in [-0.2, -0.15) is 4.98 Å². The van der Waals surface area contributed by atoms with Crippen LogP contribution < -0.4 is 14.2 Å². The molecular weight excluding hydrogens is 374 g/mol. The molecule has 0 bridgehead atoms. The number of hydrogen-bond acceptors (Lipinski definition) is 7. The second-order valence-electron chi connectivity index (χ2n) is 6.37. The second kappa shape index (κ2) is 9.09. The summed E-state index contributed by atoms with van der Waals surface area (Å²) in [4.78, 5) is 18.5. The molecule has 0 aliphatic rings. The fraction of sp³-hybridized carbons (Fsp3) is 0.286. The lowest BCUT2D eigenvalue weighted by molar-refractivity contribution is -0.137. The van der Waals surface area contributed by atoms with Crippen molar-refractivity contribution in [3.8, 4) is 28.6 Å². The van der Waals surface area contributed by atoms with Crippen molar-refractivity contribution in [2.45, 2.75) is 19.6 Å². The first-order chi connectivity index (χ1) is 14.0. The smallest absolute Gasteiger partial charge is 0.263 e. The van der Waals surface area contributed by atoms with Crippen LogP contribution in [0.5, 0.6) is 17.2 Å². The normalized spacial score (nSPS) is 11.6. The van der Waals surface area contributed by atoms with E-state index in [4.69, 9.17) is 18.7 Å². The molecule has 1 amide bonds. The molecule has 1 heterocycles.